The highest BCUT2D eigenvalue weighted by molar-refractivity contribution is 5.23. The number of hydrogen-bond donors (Lipinski definition) is 1. The Labute approximate surface area is 139 Å². The molecule has 0 radical (unpaired) electrons. The highest BCUT2D eigenvalue weighted by atomic mass is 16.5. The number of methoxy groups -OCH3 is 1. The third kappa shape index (κ3) is 3.47. The van der Waals surface area contributed by atoms with Gasteiger partial charge in [0, 0.05) is 20.2 Å². The van der Waals surface area contributed by atoms with Crippen molar-refractivity contribution < 1.29 is 4.74 Å². The SMILES string of the molecule is COC1(c2ccccc2)CC(C)CCN1NCc1ccccc1. The molecule has 1 aliphatic heterocycles. The number of piperidine rings is 1. The van der Waals surface area contributed by atoms with Crippen molar-refractivity contribution in [1.29, 1.82) is 0 Å². The van der Waals surface area contributed by atoms with E-state index in [1.54, 1.807) is 0 Å². The zero-order chi connectivity index (χ0) is 16.1. The van der Waals surface area contributed by atoms with Crippen LogP contribution < -0.4 is 5.43 Å². The zero-order valence-corrected chi connectivity index (χ0v) is 14.0. The molecule has 1 saturated heterocycles. The van der Waals surface area contributed by atoms with E-state index in [1.807, 2.05) is 7.11 Å². The molecule has 1 N–H and O–H groups in total. The highest BCUT2D eigenvalue weighted by Crippen LogP contribution is 2.39. The molecule has 0 aromatic heterocycles. The van der Waals surface area contributed by atoms with Gasteiger partial charge in [-0.25, -0.2) is 10.4 Å². The van der Waals surface area contributed by atoms with E-state index in [4.69, 9.17) is 4.74 Å². The summed E-state index contributed by atoms with van der Waals surface area (Å²) in [6.45, 7) is 4.11. The van der Waals surface area contributed by atoms with Crippen LogP contribution in [0.3, 0.4) is 0 Å². The summed E-state index contributed by atoms with van der Waals surface area (Å²) in [5.74, 6) is 0.643. The largest absolute Gasteiger partial charge is 0.358 e. The lowest BCUT2D eigenvalue weighted by atomic mass is 9.86. The second kappa shape index (κ2) is 7.26. The minimum absolute atomic E-state index is 0.395. The van der Waals surface area contributed by atoms with Gasteiger partial charge in [0.1, 0.15) is 0 Å². The molecule has 1 heterocycles. The number of rotatable bonds is 5. The van der Waals surface area contributed by atoms with E-state index in [1.165, 1.54) is 17.5 Å². The Morgan fingerprint density at radius 2 is 1.74 bits per heavy atom. The second-order valence-electron chi connectivity index (χ2n) is 6.42. The van der Waals surface area contributed by atoms with Crippen molar-refractivity contribution in [2.24, 2.45) is 5.92 Å². The van der Waals surface area contributed by atoms with Gasteiger partial charge >= 0.3 is 0 Å². The van der Waals surface area contributed by atoms with Gasteiger partial charge in [-0.1, -0.05) is 67.6 Å². The molecule has 1 aliphatic rings. The van der Waals surface area contributed by atoms with Crippen molar-refractivity contribution in [1.82, 2.24) is 10.4 Å². The van der Waals surface area contributed by atoms with Crippen LogP contribution in [0.4, 0.5) is 0 Å². The summed E-state index contributed by atoms with van der Waals surface area (Å²) >= 11 is 0. The average Bonchev–Trinajstić information content (AvgIpc) is 2.62. The van der Waals surface area contributed by atoms with E-state index in [9.17, 15) is 0 Å². The van der Waals surface area contributed by atoms with Gasteiger partial charge in [-0.15, -0.1) is 0 Å². The molecule has 1 fully saturated rings. The van der Waals surface area contributed by atoms with Crippen LogP contribution in [0.5, 0.6) is 0 Å². The van der Waals surface area contributed by atoms with Crippen molar-refractivity contribution in [2.75, 3.05) is 13.7 Å². The lowest BCUT2D eigenvalue weighted by Crippen LogP contribution is -2.58. The molecule has 2 aromatic carbocycles. The lowest BCUT2D eigenvalue weighted by molar-refractivity contribution is -0.198. The maximum atomic E-state index is 6.10. The fourth-order valence-corrected chi connectivity index (χ4v) is 3.49. The van der Waals surface area contributed by atoms with Crippen LogP contribution in [-0.2, 0) is 17.0 Å². The molecule has 0 aliphatic carbocycles. The number of nitrogens with one attached hydrogen (secondary N) is 1. The van der Waals surface area contributed by atoms with Crippen molar-refractivity contribution in [3.63, 3.8) is 0 Å². The van der Waals surface area contributed by atoms with Crippen LogP contribution in [0.2, 0.25) is 0 Å². The third-order valence-electron chi connectivity index (χ3n) is 4.79. The molecule has 3 rings (SSSR count). The fraction of sp³-hybridized carbons (Fsp3) is 0.400. The van der Waals surface area contributed by atoms with Crippen LogP contribution in [0, 0.1) is 5.92 Å². The second-order valence-corrected chi connectivity index (χ2v) is 6.42. The van der Waals surface area contributed by atoms with Crippen LogP contribution in [0.1, 0.15) is 30.9 Å². The number of hydrogen-bond acceptors (Lipinski definition) is 3. The molecule has 0 saturated carbocycles. The first-order valence-electron chi connectivity index (χ1n) is 8.40. The van der Waals surface area contributed by atoms with E-state index in [0.717, 1.165) is 19.5 Å². The quantitative estimate of drug-likeness (QED) is 0.906. The van der Waals surface area contributed by atoms with Gasteiger partial charge in [0.05, 0.1) is 0 Å². The molecule has 2 atom stereocenters. The van der Waals surface area contributed by atoms with E-state index < -0.39 is 5.72 Å². The van der Waals surface area contributed by atoms with Gasteiger partial charge in [-0.3, -0.25) is 0 Å². The molecular weight excluding hydrogens is 284 g/mol. The van der Waals surface area contributed by atoms with Crippen molar-refractivity contribution in [3.8, 4) is 0 Å². The Morgan fingerprint density at radius 1 is 1.09 bits per heavy atom. The fourth-order valence-electron chi connectivity index (χ4n) is 3.49. The molecule has 122 valence electrons. The standard InChI is InChI=1S/C20H26N2O/c1-17-13-14-22(21-16-18-9-5-3-6-10-18)20(15-17,23-2)19-11-7-4-8-12-19/h3-12,17,21H,13-16H2,1-2H3. The number of nitrogens with zero attached hydrogens (tertiary/aromatic N) is 1. The summed E-state index contributed by atoms with van der Waals surface area (Å²) in [7, 11) is 1.82. The summed E-state index contributed by atoms with van der Waals surface area (Å²) < 4.78 is 6.10. The summed E-state index contributed by atoms with van der Waals surface area (Å²) in [6.07, 6.45) is 2.18. The minimum atomic E-state index is -0.395. The van der Waals surface area contributed by atoms with Crippen LogP contribution >= 0.6 is 0 Å². The van der Waals surface area contributed by atoms with Gasteiger partial charge in [0.15, 0.2) is 5.72 Å². The van der Waals surface area contributed by atoms with Crippen LogP contribution in [0.25, 0.3) is 0 Å². The molecule has 3 nitrogen and oxygen atoms in total. The van der Waals surface area contributed by atoms with Crippen molar-refractivity contribution in [3.05, 3.63) is 71.8 Å². The van der Waals surface area contributed by atoms with Crippen molar-refractivity contribution in [2.45, 2.75) is 32.0 Å². The van der Waals surface area contributed by atoms with Gasteiger partial charge in [-0.05, 0) is 29.9 Å². The number of ether oxygens (including phenoxy) is 1. The maximum absolute atomic E-state index is 6.10. The van der Waals surface area contributed by atoms with Gasteiger partial charge in [-0.2, -0.15) is 0 Å². The molecule has 2 unspecified atom stereocenters. The monoisotopic (exact) mass is 310 g/mol. The minimum Gasteiger partial charge on any atom is -0.358 e. The predicted octanol–water partition coefficient (Wildman–Crippen LogP) is 3.92. The number of hydrazine groups is 1. The molecular formula is C20H26N2O. The van der Waals surface area contributed by atoms with E-state index >= 15 is 0 Å². The van der Waals surface area contributed by atoms with Gasteiger partial charge < -0.3 is 4.74 Å². The Hall–Kier alpha value is -1.68. The maximum Gasteiger partial charge on any atom is 0.159 e. The summed E-state index contributed by atoms with van der Waals surface area (Å²) in [6, 6.07) is 21.1. The summed E-state index contributed by atoms with van der Waals surface area (Å²) in [5.41, 5.74) is 5.71. The first-order chi connectivity index (χ1) is 11.2. The van der Waals surface area contributed by atoms with E-state index in [2.05, 4.69) is 78.0 Å². The zero-order valence-electron chi connectivity index (χ0n) is 14.0. The predicted molar refractivity (Wildman–Crippen MR) is 93.5 cm³/mol. The summed E-state index contributed by atoms with van der Waals surface area (Å²) in [4.78, 5) is 0. The Balaban J connectivity index is 1.83. The van der Waals surface area contributed by atoms with E-state index in [-0.39, 0.29) is 0 Å². The molecule has 0 spiro atoms. The lowest BCUT2D eigenvalue weighted by Gasteiger charge is -2.48. The van der Waals surface area contributed by atoms with Crippen LogP contribution in [-0.4, -0.2) is 18.7 Å². The van der Waals surface area contributed by atoms with Gasteiger partial charge in [0.25, 0.3) is 0 Å². The normalized spacial score (nSPS) is 25.4. The molecule has 0 amide bonds. The van der Waals surface area contributed by atoms with Gasteiger partial charge in [0.2, 0.25) is 0 Å². The molecule has 2 aromatic rings. The molecule has 23 heavy (non-hydrogen) atoms. The van der Waals surface area contributed by atoms with Crippen molar-refractivity contribution >= 4 is 0 Å². The summed E-state index contributed by atoms with van der Waals surface area (Å²) in [5, 5.41) is 2.29. The Morgan fingerprint density at radius 3 is 2.39 bits per heavy atom. The average molecular weight is 310 g/mol. The first kappa shape index (κ1) is 16.2. The Kier molecular flexibility index (Phi) is 5.11. The molecule has 3 heteroatoms. The smallest absolute Gasteiger partial charge is 0.159 e. The van der Waals surface area contributed by atoms with Crippen LogP contribution in [0.15, 0.2) is 60.7 Å². The third-order valence-corrected chi connectivity index (χ3v) is 4.79. The number of benzene rings is 2. The van der Waals surface area contributed by atoms with E-state index in [0.29, 0.717) is 5.92 Å². The molecule has 0 bridgehead atoms. The Bertz CT molecular complexity index is 602. The topological polar surface area (TPSA) is 24.5 Å². The first-order valence-corrected chi connectivity index (χ1v) is 8.40. The highest BCUT2D eigenvalue weighted by Gasteiger charge is 2.43.